The van der Waals surface area contributed by atoms with Crippen molar-refractivity contribution in [2.24, 2.45) is 0 Å². The lowest BCUT2D eigenvalue weighted by Gasteiger charge is -2.18. The maximum absolute atomic E-state index is 12.8. The zero-order valence-corrected chi connectivity index (χ0v) is 40.7. The van der Waals surface area contributed by atoms with Crippen LogP contribution in [0.2, 0.25) is 0 Å². The Kier molecular flexibility index (Phi) is 50.3. The van der Waals surface area contributed by atoms with E-state index in [1.807, 2.05) is 0 Å². The van der Waals surface area contributed by atoms with E-state index in [-0.39, 0.29) is 25.2 Å². The first-order valence-electron chi connectivity index (χ1n) is 26.9. The van der Waals surface area contributed by atoms with Gasteiger partial charge in [-0.15, -0.1) is 0 Å². The Morgan fingerprint density at radius 3 is 1.07 bits per heavy atom. The van der Waals surface area contributed by atoms with E-state index in [1.54, 1.807) is 0 Å². The second kappa shape index (κ2) is 51.7. The molecule has 0 aromatic carbocycles. The van der Waals surface area contributed by atoms with E-state index in [1.165, 1.54) is 218 Å². The van der Waals surface area contributed by atoms with Crippen LogP contribution in [0.3, 0.4) is 0 Å². The first-order chi connectivity index (χ1) is 29.6. The molecule has 0 aromatic heterocycles. The SMILES string of the molecule is CCCC/C=C\CCCCCCCCOCC(COC(=O)CCCCCCCCCCC/C=C\CCCCCCCC)OC(=O)CCCCCCCCCCCCCCC. The fourth-order valence-corrected chi connectivity index (χ4v) is 7.90. The van der Waals surface area contributed by atoms with Gasteiger partial charge in [0.05, 0.1) is 6.61 Å². The zero-order chi connectivity index (χ0) is 43.5. The Morgan fingerprint density at radius 1 is 0.350 bits per heavy atom. The predicted octanol–water partition coefficient (Wildman–Crippen LogP) is 18.0. The van der Waals surface area contributed by atoms with Crippen molar-refractivity contribution < 1.29 is 23.8 Å². The first-order valence-corrected chi connectivity index (χ1v) is 26.9. The van der Waals surface area contributed by atoms with E-state index in [0.717, 1.165) is 38.5 Å². The Bertz CT molecular complexity index is 913. The van der Waals surface area contributed by atoms with Crippen LogP contribution < -0.4 is 0 Å². The molecule has 5 heteroatoms. The summed E-state index contributed by atoms with van der Waals surface area (Å²) in [5, 5.41) is 0. The zero-order valence-electron chi connectivity index (χ0n) is 40.7. The van der Waals surface area contributed by atoms with E-state index >= 15 is 0 Å². The Hall–Kier alpha value is -1.62. The van der Waals surface area contributed by atoms with Crippen molar-refractivity contribution in [3.8, 4) is 0 Å². The van der Waals surface area contributed by atoms with Crippen LogP contribution in [0.25, 0.3) is 0 Å². The average Bonchev–Trinajstić information content (AvgIpc) is 3.25. The largest absolute Gasteiger partial charge is 0.462 e. The van der Waals surface area contributed by atoms with E-state index in [4.69, 9.17) is 14.2 Å². The number of hydrogen-bond acceptors (Lipinski definition) is 5. The Labute approximate surface area is 375 Å². The van der Waals surface area contributed by atoms with Crippen LogP contribution in [0.5, 0.6) is 0 Å². The minimum Gasteiger partial charge on any atom is -0.462 e. The van der Waals surface area contributed by atoms with Gasteiger partial charge in [-0.3, -0.25) is 9.59 Å². The standard InChI is InChI=1S/C55H104O5/c1-4-7-10-13-16-19-22-25-26-27-28-29-30-32-33-36-39-42-45-48-54(56)59-52-53(51-58-50-47-44-41-38-35-24-21-18-15-12-9-6-3)60-55(57)49-46-43-40-37-34-31-23-20-17-14-11-8-5-2/h15,18,25-26,53H,4-14,16-17,19-24,27-52H2,1-3H3/b18-15-,26-25-. The minimum atomic E-state index is -0.532. The molecule has 0 heterocycles. The van der Waals surface area contributed by atoms with Gasteiger partial charge in [-0.2, -0.15) is 0 Å². The van der Waals surface area contributed by atoms with Crippen molar-refractivity contribution in [2.75, 3.05) is 19.8 Å². The van der Waals surface area contributed by atoms with Crippen LogP contribution in [0.4, 0.5) is 0 Å². The van der Waals surface area contributed by atoms with Gasteiger partial charge in [0.25, 0.3) is 0 Å². The number of hydrogen-bond donors (Lipinski definition) is 0. The molecule has 1 atom stereocenters. The summed E-state index contributed by atoms with van der Waals surface area (Å²) in [7, 11) is 0. The summed E-state index contributed by atoms with van der Waals surface area (Å²) in [5.41, 5.74) is 0. The molecule has 0 aliphatic carbocycles. The van der Waals surface area contributed by atoms with Gasteiger partial charge in [-0.25, -0.2) is 0 Å². The number of carbonyl (C=O) groups is 2. The second-order valence-corrected chi connectivity index (χ2v) is 18.1. The van der Waals surface area contributed by atoms with Gasteiger partial charge in [0.1, 0.15) is 6.61 Å². The van der Waals surface area contributed by atoms with Crippen LogP contribution in [-0.4, -0.2) is 37.9 Å². The van der Waals surface area contributed by atoms with E-state index in [0.29, 0.717) is 19.4 Å². The highest BCUT2D eigenvalue weighted by molar-refractivity contribution is 5.70. The number of carbonyl (C=O) groups excluding carboxylic acids is 2. The molecular weight excluding hydrogens is 741 g/mol. The van der Waals surface area contributed by atoms with Crippen molar-refractivity contribution in [2.45, 2.75) is 297 Å². The number of esters is 2. The van der Waals surface area contributed by atoms with Gasteiger partial charge < -0.3 is 14.2 Å². The second-order valence-electron chi connectivity index (χ2n) is 18.1. The van der Waals surface area contributed by atoms with Crippen LogP contribution in [0.15, 0.2) is 24.3 Å². The number of allylic oxidation sites excluding steroid dienone is 4. The highest BCUT2D eigenvalue weighted by Gasteiger charge is 2.17. The smallest absolute Gasteiger partial charge is 0.306 e. The van der Waals surface area contributed by atoms with E-state index in [2.05, 4.69) is 45.1 Å². The summed E-state index contributed by atoms with van der Waals surface area (Å²) in [4.78, 5) is 25.4. The third-order valence-corrected chi connectivity index (χ3v) is 12.0. The van der Waals surface area contributed by atoms with Gasteiger partial charge in [0, 0.05) is 19.4 Å². The number of unbranched alkanes of at least 4 members (excludes halogenated alkanes) is 35. The molecule has 0 bridgehead atoms. The molecule has 0 spiro atoms. The van der Waals surface area contributed by atoms with Gasteiger partial charge in [0.15, 0.2) is 6.10 Å². The van der Waals surface area contributed by atoms with E-state index < -0.39 is 6.10 Å². The third kappa shape index (κ3) is 49.0. The molecule has 0 saturated carbocycles. The van der Waals surface area contributed by atoms with Crippen molar-refractivity contribution in [3.05, 3.63) is 24.3 Å². The fourth-order valence-electron chi connectivity index (χ4n) is 7.90. The van der Waals surface area contributed by atoms with E-state index in [9.17, 15) is 9.59 Å². The highest BCUT2D eigenvalue weighted by Crippen LogP contribution is 2.16. The molecule has 0 amide bonds. The fraction of sp³-hybridized carbons (Fsp3) is 0.891. The normalized spacial score (nSPS) is 12.2. The molecule has 0 fully saturated rings. The molecule has 0 radical (unpaired) electrons. The summed E-state index contributed by atoms with van der Waals surface area (Å²) in [5.74, 6) is -0.386. The topological polar surface area (TPSA) is 61.8 Å². The maximum Gasteiger partial charge on any atom is 0.306 e. The third-order valence-electron chi connectivity index (χ3n) is 12.0. The maximum atomic E-state index is 12.8. The molecular formula is C55H104O5. The lowest BCUT2D eigenvalue weighted by Crippen LogP contribution is -2.30. The average molecular weight is 845 g/mol. The van der Waals surface area contributed by atoms with Gasteiger partial charge in [0.2, 0.25) is 0 Å². The molecule has 0 aromatic rings. The summed E-state index contributed by atoms with van der Waals surface area (Å²) >= 11 is 0. The van der Waals surface area contributed by atoms with Crippen LogP contribution >= 0.6 is 0 Å². The molecule has 0 saturated heterocycles. The van der Waals surface area contributed by atoms with Crippen molar-refractivity contribution in [1.82, 2.24) is 0 Å². The van der Waals surface area contributed by atoms with Gasteiger partial charge in [-0.05, 0) is 64.2 Å². The summed E-state index contributed by atoms with van der Waals surface area (Å²) in [6.45, 7) is 7.83. The molecule has 1 unspecified atom stereocenters. The van der Waals surface area contributed by atoms with Crippen molar-refractivity contribution in [3.63, 3.8) is 0 Å². The molecule has 0 aliphatic rings. The van der Waals surface area contributed by atoms with Crippen LogP contribution in [0.1, 0.15) is 290 Å². The van der Waals surface area contributed by atoms with Crippen LogP contribution in [0, 0.1) is 0 Å². The lowest BCUT2D eigenvalue weighted by molar-refractivity contribution is -0.163. The Balaban J connectivity index is 4.17. The Morgan fingerprint density at radius 2 is 0.667 bits per heavy atom. The molecule has 60 heavy (non-hydrogen) atoms. The summed E-state index contributed by atoms with van der Waals surface area (Å²) in [6.07, 6.45) is 60.4. The number of ether oxygens (including phenoxy) is 3. The van der Waals surface area contributed by atoms with Crippen molar-refractivity contribution in [1.29, 1.82) is 0 Å². The molecule has 0 aliphatic heterocycles. The first kappa shape index (κ1) is 58.4. The molecule has 0 rings (SSSR count). The lowest BCUT2D eigenvalue weighted by atomic mass is 10.0. The predicted molar refractivity (Wildman–Crippen MR) is 261 cm³/mol. The molecule has 354 valence electrons. The minimum absolute atomic E-state index is 0.0883. The highest BCUT2D eigenvalue weighted by atomic mass is 16.6. The molecule has 5 nitrogen and oxygen atoms in total. The van der Waals surface area contributed by atoms with Crippen LogP contribution in [-0.2, 0) is 23.8 Å². The summed E-state index contributed by atoms with van der Waals surface area (Å²) < 4.78 is 17.4. The number of rotatable bonds is 50. The monoisotopic (exact) mass is 845 g/mol. The van der Waals surface area contributed by atoms with Crippen molar-refractivity contribution >= 4 is 11.9 Å². The quantitative estimate of drug-likeness (QED) is 0.0347. The van der Waals surface area contributed by atoms with Gasteiger partial charge >= 0.3 is 11.9 Å². The van der Waals surface area contributed by atoms with Gasteiger partial charge in [-0.1, -0.05) is 238 Å². The molecule has 0 N–H and O–H groups in total. The summed E-state index contributed by atoms with van der Waals surface area (Å²) in [6, 6.07) is 0.